The highest BCUT2D eigenvalue weighted by atomic mass is 16.5. The summed E-state index contributed by atoms with van der Waals surface area (Å²) in [5.41, 5.74) is 2.72. The molecule has 1 aromatic carbocycles. The van der Waals surface area contributed by atoms with Crippen molar-refractivity contribution in [3.8, 4) is 0 Å². The molecule has 0 amide bonds. The van der Waals surface area contributed by atoms with E-state index in [1.54, 1.807) is 7.11 Å². The minimum Gasteiger partial charge on any atom is -0.378 e. The van der Waals surface area contributed by atoms with E-state index in [2.05, 4.69) is 48.3 Å². The highest BCUT2D eigenvalue weighted by Crippen LogP contribution is 2.17. The van der Waals surface area contributed by atoms with Gasteiger partial charge in [-0.2, -0.15) is 0 Å². The highest BCUT2D eigenvalue weighted by molar-refractivity contribution is 5.25. The fourth-order valence-corrected chi connectivity index (χ4v) is 2.68. The lowest BCUT2D eigenvalue weighted by atomic mass is 9.96. The summed E-state index contributed by atoms with van der Waals surface area (Å²) in [4.78, 5) is 2.54. The molecule has 1 fully saturated rings. The number of ether oxygens (including phenoxy) is 1. The van der Waals surface area contributed by atoms with Crippen molar-refractivity contribution in [1.82, 2.24) is 10.2 Å². The summed E-state index contributed by atoms with van der Waals surface area (Å²) < 4.78 is 5.52. The Bertz CT molecular complexity index is 411. The summed E-state index contributed by atoms with van der Waals surface area (Å²) in [6.07, 6.45) is 2.10. The molecule has 0 unspecified atom stereocenters. The Labute approximate surface area is 123 Å². The molecule has 0 aliphatic carbocycles. The van der Waals surface area contributed by atoms with Crippen LogP contribution in [0.25, 0.3) is 0 Å². The van der Waals surface area contributed by atoms with Crippen LogP contribution in [0.15, 0.2) is 24.3 Å². The molecule has 3 nitrogen and oxygen atoms in total. The molecule has 1 N–H and O–H groups in total. The molecule has 0 radical (unpaired) electrons. The molecule has 0 aromatic heterocycles. The molecule has 20 heavy (non-hydrogen) atoms. The van der Waals surface area contributed by atoms with Crippen molar-refractivity contribution in [2.45, 2.75) is 32.3 Å². The molecular formula is C17H28N2O. The third kappa shape index (κ3) is 4.89. The van der Waals surface area contributed by atoms with Crippen molar-refractivity contribution in [3.63, 3.8) is 0 Å². The molecule has 112 valence electrons. The zero-order valence-electron chi connectivity index (χ0n) is 13.1. The average Bonchev–Trinajstić information content (AvgIpc) is 2.46. The first-order valence-electron chi connectivity index (χ1n) is 7.65. The maximum absolute atomic E-state index is 5.52. The number of methoxy groups -OCH3 is 1. The molecular weight excluding hydrogens is 248 g/mol. The summed E-state index contributed by atoms with van der Waals surface area (Å²) in [5.74, 6) is 0. The van der Waals surface area contributed by atoms with E-state index >= 15 is 0 Å². The van der Waals surface area contributed by atoms with Gasteiger partial charge >= 0.3 is 0 Å². The monoisotopic (exact) mass is 276 g/mol. The topological polar surface area (TPSA) is 24.5 Å². The molecule has 0 atom stereocenters. The lowest BCUT2D eigenvalue weighted by molar-refractivity contribution is 0.0232. The van der Waals surface area contributed by atoms with Crippen LogP contribution in [0.4, 0.5) is 0 Å². The van der Waals surface area contributed by atoms with Gasteiger partial charge in [0.1, 0.15) is 0 Å². The highest BCUT2D eigenvalue weighted by Gasteiger charge is 2.17. The Morgan fingerprint density at radius 3 is 2.60 bits per heavy atom. The first kappa shape index (κ1) is 15.5. The number of benzene rings is 1. The van der Waals surface area contributed by atoms with Crippen LogP contribution < -0.4 is 5.32 Å². The van der Waals surface area contributed by atoms with E-state index in [0.29, 0.717) is 0 Å². The van der Waals surface area contributed by atoms with Gasteiger partial charge in [-0.3, -0.25) is 0 Å². The van der Waals surface area contributed by atoms with Gasteiger partial charge in [-0.25, -0.2) is 0 Å². The van der Waals surface area contributed by atoms with Crippen LogP contribution in [-0.2, 0) is 17.6 Å². The molecule has 3 heteroatoms. The zero-order chi connectivity index (χ0) is 14.4. The lowest BCUT2D eigenvalue weighted by Gasteiger charge is -2.27. The second kappa shape index (κ2) is 7.21. The predicted octanol–water partition coefficient (Wildman–Crippen LogP) is 2.10. The molecule has 0 bridgehead atoms. The lowest BCUT2D eigenvalue weighted by Crippen LogP contribution is -2.44. The zero-order valence-corrected chi connectivity index (χ0v) is 13.1. The molecule has 0 saturated carbocycles. The Morgan fingerprint density at radius 2 is 1.90 bits per heavy atom. The molecule has 1 saturated heterocycles. The molecule has 1 heterocycles. The second-order valence-corrected chi connectivity index (χ2v) is 6.30. The average molecular weight is 276 g/mol. The molecule has 1 aromatic rings. The number of nitrogens with zero attached hydrogens (tertiary/aromatic N) is 1. The quantitative estimate of drug-likeness (QED) is 0.861. The predicted molar refractivity (Wildman–Crippen MR) is 84.2 cm³/mol. The minimum atomic E-state index is -0.0861. The van der Waals surface area contributed by atoms with Crippen molar-refractivity contribution in [2.24, 2.45) is 0 Å². The third-order valence-corrected chi connectivity index (χ3v) is 4.10. The molecule has 0 spiro atoms. The van der Waals surface area contributed by atoms with Crippen LogP contribution in [0, 0.1) is 0 Å². The molecule has 2 rings (SSSR count). The van der Waals surface area contributed by atoms with E-state index in [-0.39, 0.29) is 5.60 Å². The Morgan fingerprint density at radius 1 is 1.20 bits per heavy atom. The Kier molecular flexibility index (Phi) is 5.58. The third-order valence-electron chi connectivity index (χ3n) is 4.10. The van der Waals surface area contributed by atoms with Crippen LogP contribution in [0.5, 0.6) is 0 Å². The van der Waals surface area contributed by atoms with Crippen molar-refractivity contribution in [1.29, 1.82) is 0 Å². The van der Waals surface area contributed by atoms with Crippen LogP contribution in [0.1, 0.15) is 25.0 Å². The first-order chi connectivity index (χ1) is 9.59. The van der Waals surface area contributed by atoms with E-state index in [9.17, 15) is 0 Å². The molecule has 1 aliphatic heterocycles. The second-order valence-electron chi connectivity index (χ2n) is 6.30. The Balaban J connectivity index is 1.88. The number of piperazine rings is 1. The normalized spacial score (nSPS) is 17.4. The standard InChI is InChI=1S/C17H28N2O/c1-17(2,20-3)14-16-6-4-5-15(13-16)7-10-19-11-8-18-9-12-19/h4-6,13,18H,7-12,14H2,1-3H3. The van der Waals surface area contributed by atoms with Gasteiger partial charge in [0.2, 0.25) is 0 Å². The fourth-order valence-electron chi connectivity index (χ4n) is 2.68. The van der Waals surface area contributed by atoms with Gasteiger partial charge in [-0.1, -0.05) is 24.3 Å². The summed E-state index contributed by atoms with van der Waals surface area (Å²) >= 11 is 0. The maximum atomic E-state index is 5.52. The largest absolute Gasteiger partial charge is 0.378 e. The van der Waals surface area contributed by atoms with Crippen molar-refractivity contribution >= 4 is 0 Å². The molecule has 1 aliphatic rings. The number of rotatable bonds is 6. The van der Waals surface area contributed by atoms with E-state index in [1.807, 2.05) is 0 Å². The Hall–Kier alpha value is -0.900. The number of nitrogens with one attached hydrogen (secondary N) is 1. The smallest absolute Gasteiger partial charge is 0.0662 e. The van der Waals surface area contributed by atoms with Gasteiger partial charge in [0.25, 0.3) is 0 Å². The van der Waals surface area contributed by atoms with Crippen LogP contribution in [0.3, 0.4) is 0 Å². The van der Waals surface area contributed by atoms with E-state index in [4.69, 9.17) is 4.74 Å². The van der Waals surface area contributed by atoms with Gasteiger partial charge in [0, 0.05) is 46.3 Å². The van der Waals surface area contributed by atoms with Crippen LogP contribution in [0.2, 0.25) is 0 Å². The van der Waals surface area contributed by atoms with Gasteiger partial charge in [0.05, 0.1) is 5.60 Å². The number of hydrogen-bond acceptors (Lipinski definition) is 3. The van der Waals surface area contributed by atoms with Crippen LogP contribution in [-0.4, -0.2) is 50.3 Å². The number of hydrogen-bond donors (Lipinski definition) is 1. The van der Waals surface area contributed by atoms with E-state index in [1.165, 1.54) is 30.8 Å². The van der Waals surface area contributed by atoms with Crippen molar-refractivity contribution in [3.05, 3.63) is 35.4 Å². The van der Waals surface area contributed by atoms with Gasteiger partial charge in [0.15, 0.2) is 0 Å². The summed E-state index contributed by atoms with van der Waals surface area (Å²) in [7, 11) is 1.79. The van der Waals surface area contributed by atoms with Crippen molar-refractivity contribution in [2.75, 3.05) is 39.8 Å². The summed E-state index contributed by atoms with van der Waals surface area (Å²) in [6, 6.07) is 8.96. The fraction of sp³-hybridized carbons (Fsp3) is 0.647. The van der Waals surface area contributed by atoms with Gasteiger partial charge < -0.3 is 15.0 Å². The van der Waals surface area contributed by atoms with Gasteiger partial charge in [-0.15, -0.1) is 0 Å². The van der Waals surface area contributed by atoms with E-state index < -0.39 is 0 Å². The van der Waals surface area contributed by atoms with Crippen molar-refractivity contribution < 1.29 is 4.74 Å². The van der Waals surface area contributed by atoms with Gasteiger partial charge in [-0.05, 0) is 31.4 Å². The van der Waals surface area contributed by atoms with Crippen LogP contribution >= 0.6 is 0 Å². The first-order valence-corrected chi connectivity index (χ1v) is 7.65. The van der Waals surface area contributed by atoms with E-state index in [0.717, 1.165) is 25.9 Å². The summed E-state index contributed by atoms with van der Waals surface area (Å²) in [5, 5.41) is 3.40. The SMILES string of the molecule is COC(C)(C)Cc1cccc(CCN2CCNCC2)c1. The maximum Gasteiger partial charge on any atom is 0.0662 e. The minimum absolute atomic E-state index is 0.0861. The summed E-state index contributed by atoms with van der Waals surface area (Å²) in [6.45, 7) is 10.1.